The van der Waals surface area contributed by atoms with E-state index in [4.69, 9.17) is 0 Å². The van der Waals surface area contributed by atoms with Gasteiger partial charge >= 0.3 is 0 Å². The van der Waals surface area contributed by atoms with E-state index in [0.717, 1.165) is 22.4 Å². The highest BCUT2D eigenvalue weighted by Crippen LogP contribution is 2.23. The topological polar surface area (TPSA) is 32.3 Å². The fraction of sp³-hybridized carbons (Fsp3) is 0.200. The van der Waals surface area contributed by atoms with Gasteiger partial charge in [0.25, 0.3) is 0 Å². The summed E-state index contributed by atoms with van der Waals surface area (Å²) >= 11 is 0. The van der Waals surface area contributed by atoms with Gasteiger partial charge in [0.1, 0.15) is 11.6 Å². The number of phenolic OH excluding ortho intramolecular Hbond substituents is 1. The maximum absolute atomic E-state index is 13.1. The van der Waals surface area contributed by atoms with Crippen LogP contribution < -0.4 is 5.32 Å². The lowest BCUT2D eigenvalue weighted by molar-refractivity contribution is 0.465. The second-order valence-electron chi connectivity index (χ2n) is 4.40. The summed E-state index contributed by atoms with van der Waals surface area (Å²) in [5, 5.41) is 13.0. The van der Waals surface area contributed by atoms with Crippen molar-refractivity contribution in [3.05, 3.63) is 58.9 Å². The largest absolute Gasteiger partial charge is 0.507 e. The molecule has 0 aliphatic heterocycles. The summed E-state index contributed by atoms with van der Waals surface area (Å²) in [6.45, 7) is 4.24. The van der Waals surface area contributed by atoms with Crippen LogP contribution in [-0.2, 0) is 6.54 Å². The van der Waals surface area contributed by atoms with Crippen LogP contribution in [0.15, 0.2) is 36.4 Å². The fourth-order valence-corrected chi connectivity index (χ4v) is 1.84. The van der Waals surface area contributed by atoms with Crippen LogP contribution >= 0.6 is 0 Å². The Morgan fingerprint density at radius 2 is 1.89 bits per heavy atom. The third kappa shape index (κ3) is 2.62. The molecule has 0 fully saturated rings. The third-order valence-electron chi connectivity index (χ3n) is 2.99. The number of rotatable bonds is 3. The van der Waals surface area contributed by atoms with Crippen LogP contribution in [0.3, 0.4) is 0 Å². The molecule has 0 heterocycles. The van der Waals surface area contributed by atoms with Crippen LogP contribution in [0, 0.1) is 19.7 Å². The van der Waals surface area contributed by atoms with Gasteiger partial charge in [0.2, 0.25) is 0 Å². The van der Waals surface area contributed by atoms with Crippen molar-refractivity contribution >= 4 is 5.69 Å². The SMILES string of the molecule is Cc1ccc(F)cc1NCc1cccc(C)c1O. The molecule has 0 bridgehead atoms. The van der Waals surface area contributed by atoms with Crippen LogP contribution in [0.25, 0.3) is 0 Å². The molecule has 2 N–H and O–H groups in total. The van der Waals surface area contributed by atoms with Crippen LogP contribution in [0.1, 0.15) is 16.7 Å². The van der Waals surface area contributed by atoms with E-state index in [1.165, 1.54) is 12.1 Å². The molecule has 18 heavy (non-hydrogen) atoms. The Balaban J connectivity index is 2.16. The molecule has 0 amide bonds. The predicted octanol–water partition coefficient (Wildman–Crippen LogP) is 3.76. The minimum Gasteiger partial charge on any atom is -0.507 e. The second-order valence-corrected chi connectivity index (χ2v) is 4.40. The zero-order valence-electron chi connectivity index (χ0n) is 10.5. The first-order valence-corrected chi connectivity index (χ1v) is 5.85. The quantitative estimate of drug-likeness (QED) is 0.863. The Bertz CT molecular complexity index is 564. The van der Waals surface area contributed by atoms with Crippen molar-refractivity contribution < 1.29 is 9.50 Å². The van der Waals surface area contributed by atoms with Crippen molar-refractivity contribution in [1.82, 2.24) is 0 Å². The second kappa shape index (κ2) is 5.08. The van der Waals surface area contributed by atoms with Crippen LogP contribution in [0.5, 0.6) is 5.75 Å². The molecule has 0 aromatic heterocycles. The molecule has 0 saturated heterocycles. The average Bonchev–Trinajstić information content (AvgIpc) is 2.35. The van der Waals surface area contributed by atoms with Crippen molar-refractivity contribution in [3.8, 4) is 5.75 Å². The van der Waals surface area contributed by atoms with Gasteiger partial charge in [-0.1, -0.05) is 24.3 Å². The van der Waals surface area contributed by atoms with Crippen LogP contribution in [0.4, 0.5) is 10.1 Å². The molecule has 2 rings (SSSR count). The van der Waals surface area contributed by atoms with Gasteiger partial charge in [-0.25, -0.2) is 4.39 Å². The number of benzene rings is 2. The first kappa shape index (κ1) is 12.4. The Morgan fingerprint density at radius 3 is 2.67 bits per heavy atom. The lowest BCUT2D eigenvalue weighted by Gasteiger charge is -2.11. The van der Waals surface area contributed by atoms with Gasteiger partial charge in [0.05, 0.1) is 0 Å². The van der Waals surface area contributed by atoms with Gasteiger partial charge in [-0.3, -0.25) is 0 Å². The highest BCUT2D eigenvalue weighted by atomic mass is 19.1. The highest BCUT2D eigenvalue weighted by Gasteiger charge is 2.05. The Kier molecular flexibility index (Phi) is 3.51. The fourth-order valence-electron chi connectivity index (χ4n) is 1.84. The van der Waals surface area contributed by atoms with E-state index in [1.807, 2.05) is 32.0 Å². The number of hydrogen-bond donors (Lipinski definition) is 2. The average molecular weight is 245 g/mol. The maximum Gasteiger partial charge on any atom is 0.125 e. The van der Waals surface area contributed by atoms with Gasteiger partial charge in [-0.2, -0.15) is 0 Å². The maximum atomic E-state index is 13.1. The molecule has 0 radical (unpaired) electrons. The lowest BCUT2D eigenvalue weighted by atomic mass is 10.1. The first-order valence-electron chi connectivity index (χ1n) is 5.85. The molecular weight excluding hydrogens is 229 g/mol. The van der Waals surface area contributed by atoms with Crippen molar-refractivity contribution in [3.63, 3.8) is 0 Å². The molecule has 3 heteroatoms. The van der Waals surface area contributed by atoms with E-state index < -0.39 is 0 Å². The van der Waals surface area contributed by atoms with Gasteiger partial charge in [-0.15, -0.1) is 0 Å². The monoisotopic (exact) mass is 245 g/mol. The minimum atomic E-state index is -0.267. The summed E-state index contributed by atoms with van der Waals surface area (Å²) < 4.78 is 13.1. The van der Waals surface area contributed by atoms with Gasteiger partial charge in [0, 0.05) is 17.8 Å². The van der Waals surface area contributed by atoms with Gasteiger partial charge < -0.3 is 10.4 Å². The van der Waals surface area contributed by atoms with Gasteiger partial charge in [-0.05, 0) is 37.1 Å². The molecule has 2 nitrogen and oxygen atoms in total. The summed E-state index contributed by atoms with van der Waals surface area (Å²) in [5.41, 5.74) is 3.36. The molecule has 94 valence electrons. The zero-order chi connectivity index (χ0) is 13.1. The molecule has 0 atom stereocenters. The van der Waals surface area contributed by atoms with E-state index in [1.54, 1.807) is 6.07 Å². The molecule has 0 aliphatic rings. The number of aromatic hydroxyl groups is 1. The van der Waals surface area contributed by atoms with E-state index in [9.17, 15) is 9.50 Å². The van der Waals surface area contributed by atoms with E-state index in [0.29, 0.717) is 12.3 Å². The number of hydrogen-bond acceptors (Lipinski definition) is 2. The van der Waals surface area contributed by atoms with Crippen molar-refractivity contribution in [1.29, 1.82) is 0 Å². The standard InChI is InChI=1S/C15H16FNO/c1-10-6-7-13(16)8-14(10)17-9-12-5-3-4-11(2)15(12)18/h3-8,17-18H,9H2,1-2H3. The summed E-state index contributed by atoms with van der Waals surface area (Å²) in [6.07, 6.45) is 0. The Morgan fingerprint density at radius 1 is 1.11 bits per heavy atom. The van der Waals surface area contributed by atoms with Crippen LogP contribution in [-0.4, -0.2) is 5.11 Å². The highest BCUT2D eigenvalue weighted by molar-refractivity contribution is 5.52. The van der Waals surface area contributed by atoms with E-state index in [-0.39, 0.29) is 5.82 Å². The molecular formula is C15H16FNO. The van der Waals surface area contributed by atoms with Crippen molar-refractivity contribution in [2.24, 2.45) is 0 Å². The van der Waals surface area contributed by atoms with Gasteiger partial charge in [0.15, 0.2) is 0 Å². The zero-order valence-corrected chi connectivity index (χ0v) is 10.5. The summed E-state index contributed by atoms with van der Waals surface area (Å²) in [5.74, 6) is 0.0237. The molecule has 0 aliphatic carbocycles. The molecule has 2 aromatic rings. The number of para-hydroxylation sites is 1. The van der Waals surface area contributed by atoms with Crippen molar-refractivity contribution in [2.45, 2.75) is 20.4 Å². The molecule has 0 spiro atoms. The number of phenols is 1. The number of aryl methyl sites for hydroxylation is 2. The Labute approximate surface area is 106 Å². The summed E-state index contributed by atoms with van der Waals surface area (Å²) in [4.78, 5) is 0. The lowest BCUT2D eigenvalue weighted by Crippen LogP contribution is -2.02. The molecule has 0 saturated carbocycles. The molecule has 0 unspecified atom stereocenters. The van der Waals surface area contributed by atoms with Crippen molar-refractivity contribution in [2.75, 3.05) is 5.32 Å². The number of halogens is 1. The van der Waals surface area contributed by atoms with E-state index in [2.05, 4.69) is 5.32 Å². The minimum absolute atomic E-state index is 0.267. The molecule has 2 aromatic carbocycles. The summed E-state index contributed by atoms with van der Waals surface area (Å²) in [7, 11) is 0. The smallest absolute Gasteiger partial charge is 0.125 e. The Hall–Kier alpha value is -2.03. The summed E-state index contributed by atoms with van der Waals surface area (Å²) in [6, 6.07) is 10.2. The first-order chi connectivity index (χ1) is 8.58. The number of anilines is 1. The van der Waals surface area contributed by atoms with E-state index >= 15 is 0 Å². The predicted molar refractivity (Wildman–Crippen MR) is 71.3 cm³/mol. The normalized spacial score (nSPS) is 10.4. The third-order valence-corrected chi connectivity index (χ3v) is 2.99. The number of nitrogens with one attached hydrogen (secondary N) is 1. The van der Waals surface area contributed by atoms with Crippen LogP contribution in [0.2, 0.25) is 0 Å².